The molecule has 0 saturated carbocycles. The molecule has 0 aliphatic carbocycles. The molecule has 0 aromatic rings. The molecule has 0 spiro atoms. The van der Waals surface area contributed by atoms with Crippen molar-refractivity contribution in [2.45, 2.75) is 31.5 Å². The van der Waals surface area contributed by atoms with Crippen LogP contribution in [0.15, 0.2) is 11.0 Å². The van der Waals surface area contributed by atoms with Gasteiger partial charge in [-0.1, -0.05) is 19.6 Å². The van der Waals surface area contributed by atoms with E-state index >= 15 is 0 Å². The van der Waals surface area contributed by atoms with Crippen LogP contribution in [0.25, 0.3) is 0 Å². The predicted octanol–water partition coefficient (Wildman–Crippen LogP) is -0.0714. The zero-order chi connectivity index (χ0) is 13.4. The number of aliphatic hydroxyl groups is 3. The fraction of sp³-hybridized carbons (Fsp3) is 0.700. The van der Waals surface area contributed by atoms with Gasteiger partial charge in [0.25, 0.3) is 5.79 Å². The molecular formula is C10H18O6Si. The third-order valence-corrected chi connectivity index (χ3v) is 4.77. The van der Waals surface area contributed by atoms with Crippen LogP contribution in [0.2, 0.25) is 19.6 Å². The molecule has 0 bridgehead atoms. The highest BCUT2D eigenvalue weighted by Gasteiger charge is 2.57. The molecule has 98 valence electrons. The van der Waals surface area contributed by atoms with Gasteiger partial charge in [0.15, 0.2) is 0 Å². The van der Waals surface area contributed by atoms with E-state index < -0.39 is 38.3 Å². The molecule has 1 aliphatic rings. The number of cyclic esters (lactones) is 1. The van der Waals surface area contributed by atoms with Crippen LogP contribution >= 0.6 is 0 Å². The Kier molecular flexibility index (Phi) is 3.68. The minimum Gasteiger partial charge on any atom is -0.502 e. The van der Waals surface area contributed by atoms with Gasteiger partial charge in [-0.25, -0.2) is 4.79 Å². The fourth-order valence-corrected chi connectivity index (χ4v) is 4.19. The predicted molar refractivity (Wildman–Crippen MR) is 61.9 cm³/mol. The lowest BCUT2D eigenvalue weighted by atomic mass is 10.1. The van der Waals surface area contributed by atoms with Crippen molar-refractivity contribution in [3.8, 4) is 0 Å². The minimum atomic E-state index is -2.18. The Morgan fingerprint density at radius 3 is 2.35 bits per heavy atom. The summed E-state index contributed by atoms with van der Waals surface area (Å²) in [5, 5.41) is 28.9. The van der Waals surface area contributed by atoms with Crippen molar-refractivity contribution >= 4 is 14.0 Å². The normalized spacial score (nSPS) is 27.3. The molecule has 0 aromatic heterocycles. The van der Waals surface area contributed by atoms with Crippen LogP contribution in [0.4, 0.5) is 0 Å². The summed E-state index contributed by atoms with van der Waals surface area (Å²) in [4.78, 5) is 11.4. The van der Waals surface area contributed by atoms with Gasteiger partial charge in [0.05, 0.1) is 14.7 Å². The summed E-state index contributed by atoms with van der Waals surface area (Å²) < 4.78 is 10.0. The van der Waals surface area contributed by atoms with E-state index in [1.54, 1.807) is 0 Å². The Balaban J connectivity index is 3.39. The van der Waals surface area contributed by atoms with E-state index in [-0.39, 0.29) is 5.20 Å². The smallest absolute Gasteiger partial charge is 0.376 e. The van der Waals surface area contributed by atoms with Crippen molar-refractivity contribution in [2.75, 3.05) is 13.7 Å². The highest BCUT2D eigenvalue weighted by molar-refractivity contribution is 6.84. The van der Waals surface area contributed by atoms with Crippen LogP contribution in [0.5, 0.6) is 0 Å². The Morgan fingerprint density at radius 1 is 1.47 bits per heavy atom. The Labute approximate surface area is 100 Å². The van der Waals surface area contributed by atoms with Crippen LogP contribution < -0.4 is 0 Å². The second kappa shape index (κ2) is 4.41. The maximum atomic E-state index is 11.4. The third-order valence-electron chi connectivity index (χ3n) is 2.69. The van der Waals surface area contributed by atoms with Crippen LogP contribution in [0.3, 0.4) is 0 Å². The van der Waals surface area contributed by atoms with Crippen molar-refractivity contribution < 1.29 is 29.6 Å². The Hall–Kier alpha value is -0.893. The van der Waals surface area contributed by atoms with Crippen molar-refractivity contribution in [3.05, 3.63) is 11.0 Å². The molecule has 6 nitrogen and oxygen atoms in total. The third kappa shape index (κ3) is 2.11. The van der Waals surface area contributed by atoms with E-state index in [2.05, 4.69) is 0 Å². The molecule has 0 amide bonds. The van der Waals surface area contributed by atoms with Crippen LogP contribution in [0, 0.1) is 0 Å². The maximum absolute atomic E-state index is 11.4. The lowest BCUT2D eigenvalue weighted by Crippen LogP contribution is -2.53. The van der Waals surface area contributed by atoms with Gasteiger partial charge in [0.2, 0.25) is 5.76 Å². The molecule has 3 N–H and O–H groups in total. The molecular weight excluding hydrogens is 244 g/mol. The second-order valence-electron chi connectivity index (χ2n) is 4.93. The van der Waals surface area contributed by atoms with Crippen LogP contribution in [0.1, 0.15) is 0 Å². The monoisotopic (exact) mass is 262 g/mol. The first-order chi connectivity index (χ1) is 7.70. The van der Waals surface area contributed by atoms with Gasteiger partial charge < -0.3 is 24.8 Å². The highest BCUT2D eigenvalue weighted by Crippen LogP contribution is 2.40. The number of ether oxygens (including phenoxy) is 2. The average molecular weight is 262 g/mol. The molecule has 17 heavy (non-hydrogen) atoms. The van der Waals surface area contributed by atoms with Gasteiger partial charge in [-0.3, -0.25) is 0 Å². The molecule has 2 atom stereocenters. The number of rotatable bonds is 4. The van der Waals surface area contributed by atoms with Crippen molar-refractivity contribution in [2.24, 2.45) is 0 Å². The van der Waals surface area contributed by atoms with E-state index in [4.69, 9.17) is 14.6 Å². The SMILES string of the molecule is COC1(C(O)CO)OC(=O)C(O)=C1[Si](C)(C)C. The summed E-state index contributed by atoms with van der Waals surface area (Å²) in [6.07, 6.45) is -1.43. The number of carbonyl (C=O) groups excluding carboxylic acids is 1. The van der Waals surface area contributed by atoms with Gasteiger partial charge in [0.1, 0.15) is 6.10 Å². The summed E-state index contributed by atoms with van der Waals surface area (Å²) >= 11 is 0. The Morgan fingerprint density at radius 2 is 2.00 bits per heavy atom. The Bertz CT molecular complexity index is 358. The molecule has 0 aromatic carbocycles. The zero-order valence-electron chi connectivity index (χ0n) is 10.4. The standard InChI is InChI=1S/C10H18O6Si/c1-15-10(6(12)5-11)8(17(2,3)4)7(13)9(14)16-10/h6,11-13H,5H2,1-4H3. The zero-order valence-corrected chi connectivity index (χ0v) is 11.4. The number of methoxy groups -OCH3 is 1. The molecule has 1 rings (SSSR count). The first-order valence-corrected chi connectivity index (χ1v) is 8.72. The topological polar surface area (TPSA) is 96.2 Å². The molecule has 1 aliphatic heterocycles. The number of esters is 1. The lowest BCUT2D eigenvalue weighted by molar-refractivity contribution is -0.232. The molecule has 7 heteroatoms. The number of carbonyl (C=O) groups is 1. The molecule has 0 fully saturated rings. The number of hydrogen-bond donors (Lipinski definition) is 3. The average Bonchev–Trinajstić information content (AvgIpc) is 2.50. The number of hydrogen-bond acceptors (Lipinski definition) is 6. The van der Waals surface area contributed by atoms with Crippen LogP contribution in [-0.2, 0) is 14.3 Å². The van der Waals surface area contributed by atoms with Crippen molar-refractivity contribution in [1.29, 1.82) is 0 Å². The van der Waals surface area contributed by atoms with Crippen molar-refractivity contribution in [3.63, 3.8) is 0 Å². The van der Waals surface area contributed by atoms with Gasteiger partial charge in [-0.2, -0.15) is 0 Å². The van der Waals surface area contributed by atoms with E-state index in [0.29, 0.717) is 0 Å². The van der Waals surface area contributed by atoms with E-state index in [1.807, 2.05) is 19.6 Å². The molecule has 0 saturated heterocycles. The van der Waals surface area contributed by atoms with Gasteiger partial charge in [-0.15, -0.1) is 0 Å². The minimum absolute atomic E-state index is 0.263. The summed E-state index contributed by atoms with van der Waals surface area (Å²) in [5.41, 5.74) is 0. The summed E-state index contributed by atoms with van der Waals surface area (Å²) in [6, 6.07) is 0. The van der Waals surface area contributed by atoms with Crippen molar-refractivity contribution in [1.82, 2.24) is 0 Å². The second-order valence-corrected chi connectivity index (χ2v) is 9.93. The summed E-state index contributed by atoms with van der Waals surface area (Å²) in [5.74, 6) is -3.21. The van der Waals surface area contributed by atoms with Gasteiger partial charge in [0, 0.05) is 12.3 Å². The first-order valence-electron chi connectivity index (χ1n) is 5.22. The van der Waals surface area contributed by atoms with E-state index in [0.717, 1.165) is 0 Å². The van der Waals surface area contributed by atoms with Crippen LogP contribution in [-0.4, -0.2) is 55.0 Å². The highest BCUT2D eigenvalue weighted by atomic mass is 28.3. The summed E-state index contributed by atoms with van der Waals surface area (Å²) in [7, 11) is -0.922. The number of aliphatic hydroxyl groups excluding tert-OH is 3. The summed E-state index contributed by atoms with van der Waals surface area (Å²) in [6.45, 7) is 4.98. The maximum Gasteiger partial charge on any atom is 0.376 e. The molecule has 2 unspecified atom stereocenters. The molecule has 0 radical (unpaired) electrons. The van der Waals surface area contributed by atoms with Gasteiger partial charge in [-0.05, 0) is 0 Å². The van der Waals surface area contributed by atoms with E-state index in [1.165, 1.54) is 7.11 Å². The quantitative estimate of drug-likeness (QED) is 0.485. The van der Waals surface area contributed by atoms with Gasteiger partial charge >= 0.3 is 5.97 Å². The molecule has 1 heterocycles. The fourth-order valence-electron chi connectivity index (χ4n) is 2.02. The first kappa shape index (κ1) is 14.2. The largest absolute Gasteiger partial charge is 0.502 e. The lowest BCUT2D eigenvalue weighted by Gasteiger charge is -2.36. The van der Waals surface area contributed by atoms with E-state index in [9.17, 15) is 15.0 Å².